The molecule has 0 bridgehead atoms. The van der Waals surface area contributed by atoms with E-state index in [0.29, 0.717) is 0 Å². The molecular formula is C6H6F7. The summed E-state index contributed by atoms with van der Waals surface area (Å²) in [7, 11) is 0. The maximum Gasteiger partial charge on any atom is 0.395 e. The van der Waals surface area contributed by atoms with Crippen molar-refractivity contribution in [2.75, 3.05) is 0 Å². The van der Waals surface area contributed by atoms with Crippen molar-refractivity contribution in [3.05, 3.63) is 5.92 Å². The van der Waals surface area contributed by atoms with Crippen LogP contribution in [0.1, 0.15) is 12.8 Å². The van der Waals surface area contributed by atoms with Gasteiger partial charge in [-0.25, -0.2) is 17.6 Å². The van der Waals surface area contributed by atoms with Crippen LogP contribution >= 0.6 is 0 Å². The molecule has 0 saturated heterocycles. The van der Waals surface area contributed by atoms with Gasteiger partial charge in [0.15, 0.2) is 0 Å². The molecule has 0 aliphatic rings. The highest BCUT2D eigenvalue weighted by molar-refractivity contribution is 4.98. The molecule has 0 aromatic heterocycles. The number of hydrogen-bond acceptors (Lipinski definition) is 0. The predicted molar refractivity (Wildman–Crippen MR) is 30.5 cm³/mol. The lowest BCUT2D eigenvalue weighted by atomic mass is 10.0. The quantitative estimate of drug-likeness (QED) is 0.625. The van der Waals surface area contributed by atoms with Gasteiger partial charge in [-0.1, -0.05) is 0 Å². The van der Waals surface area contributed by atoms with Crippen molar-refractivity contribution in [2.45, 2.75) is 31.9 Å². The molecule has 0 aromatic carbocycles. The molecule has 0 saturated carbocycles. The average molecular weight is 211 g/mol. The summed E-state index contributed by atoms with van der Waals surface area (Å²) in [5.74, 6) is -1.77. The standard InChI is InChI=1S/C6H6F7/c7-4(8)1-3(2-5(9)10)6(11,12)13/h4-5H,1-2H2. The van der Waals surface area contributed by atoms with E-state index in [9.17, 15) is 30.7 Å². The zero-order valence-electron chi connectivity index (χ0n) is 6.21. The number of halogens is 7. The van der Waals surface area contributed by atoms with Crippen LogP contribution in [-0.4, -0.2) is 19.0 Å². The summed E-state index contributed by atoms with van der Waals surface area (Å²) < 4.78 is 81.2. The molecule has 1 radical (unpaired) electrons. The normalized spacial score (nSPS) is 13.4. The van der Waals surface area contributed by atoms with Gasteiger partial charge in [0.1, 0.15) is 0 Å². The average Bonchev–Trinajstić information content (AvgIpc) is 1.81. The Labute approximate surface area is 69.7 Å². The van der Waals surface area contributed by atoms with Crippen LogP contribution in [0.25, 0.3) is 0 Å². The third-order valence-corrected chi connectivity index (χ3v) is 1.20. The van der Waals surface area contributed by atoms with Gasteiger partial charge in [0.25, 0.3) is 0 Å². The summed E-state index contributed by atoms with van der Waals surface area (Å²) >= 11 is 0. The molecule has 0 atom stereocenters. The summed E-state index contributed by atoms with van der Waals surface area (Å²) in [4.78, 5) is 0. The molecule has 0 N–H and O–H groups in total. The Morgan fingerprint density at radius 2 is 1.15 bits per heavy atom. The molecular weight excluding hydrogens is 205 g/mol. The molecule has 0 aliphatic carbocycles. The second-order valence-corrected chi connectivity index (χ2v) is 2.29. The Balaban J connectivity index is 4.20. The summed E-state index contributed by atoms with van der Waals surface area (Å²) in [6, 6.07) is 0. The molecule has 0 nitrogen and oxygen atoms in total. The van der Waals surface area contributed by atoms with E-state index in [1.165, 1.54) is 0 Å². The minimum absolute atomic E-state index is 1.64. The Morgan fingerprint density at radius 1 is 0.846 bits per heavy atom. The molecule has 0 heterocycles. The fourth-order valence-electron chi connectivity index (χ4n) is 0.687. The van der Waals surface area contributed by atoms with Crippen molar-refractivity contribution in [1.82, 2.24) is 0 Å². The maximum atomic E-state index is 11.7. The topological polar surface area (TPSA) is 0 Å². The van der Waals surface area contributed by atoms with E-state index < -0.39 is 37.8 Å². The van der Waals surface area contributed by atoms with E-state index in [2.05, 4.69) is 0 Å². The van der Waals surface area contributed by atoms with E-state index >= 15 is 0 Å². The largest absolute Gasteiger partial charge is 0.395 e. The molecule has 7 heteroatoms. The number of rotatable bonds is 4. The van der Waals surface area contributed by atoms with Gasteiger partial charge in [0.2, 0.25) is 12.9 Å². The zero-order valence-corrected chi connectivity index (χ0v) is 6.21. The maximum absolute atomic E-state index is 11.7. The predicted octanol–water partition coefficient (Wildman–Crippen LogP) is 3.43. The molecule has 0 aliphatic heterocycles. The summed E-state index contributed by atoms with van der Waals surface area (Å²) in [6.45, 7) is 0. The van der Waals surface area contributed by atoms with Crippen LogP contribution in [0, 0.1) is 5.92 Å². The van der Waals surface area contributed by atoms with Gasteiger partial charge in [-0.2, -0.15) is 13.2 Å². The highest BCUT2D eigenvalue weighted by Gasteiger charge is 2.43. The SMILES string of the molecule is FC(F)C[C](CC(F)F)C(F)(F)F. The summed E-state index contributed by atoms with van der Waals surface area (Å²) in [5.41, 5.74) is 0. The minimum Gasteiger partial charge on any atom is -0.211 e. The lowest BCUT2D eigenvalue weighted by molar-refractivity contribution is -0.129. The molecule has 0 unspecified atom stereocenters. The fraction of sp³-hybridized carbons (Fsp3) is 0.833. The van der Waals surface area contributed by atoms with Gasteiger partial charge in [0, 0.05) is 12.8 Å². The Hall–Kier alpha value is -0.490. The van der Waals surface area contributed by atoms with E-state index in [0.717, 1.165) is 0 Å². The van der Waals surface area contributed by atoms with Crippen molar-refractivity contribution < 1.29 is 30.7 Å². The summed E-state index contributed by atoms with van der Waals surface area (Å²) in [5, 5.41) is 0. The zero-order chi connectivity index (χ0) is 10.6. The smallest absolute Gasteiger partial charge is 0.211 e. The Morgan fingerprint density at radius 3 is 1.31 bits per heavy atom. The molecule has 13 heavy (non-hydrogen) atoms. The van der Waals surface area contributed by atoms with Gasteiger partial charge in [-0.05, 0) is 0 Å². The first kappa shape index (κ1) is 12.5. The molecule has 0 rings (SSSR count). The van der Waals surface area contributed by atoms with Crippen molar-refractivity contribution in [3.63, 3.8) is 0 Å². The highest BCUT2D eigenvalue weighted by atomic mass is 19.4. The van der Waals surface area contributed by atoms with E-state index in [1.54, 1.807) is 0 Å². The minimum atomic E-state index is -5.06. The first-order valence-corrected chi connectivity index (χ1v) is 3.21. The van der Waals surface area contributed by atoms with Crippen molar-refractivity contribution in [1.29, 1.82) is 0 Å². The molecule has 79 valence electrons. The van der Waals surface area contributed by atoms with E-state index in [4.69, 9.17) is 0 Å². The molecule has 0 fully saturated rings. The van der Waals surface area contributed by atoms with Crippen LogP contribution in [-0.2, 0) is 0 Å². The van der Waals surface area contributed by atoms with Gasteiger partial charge in [-0.3, -0.25) is 0 Å². The monoisotopic (exact) mass is 211 g/mol. The van der Waals surface area contributed by atoms with Crippen LogP contribution in [0.3, 0.4) is 0 Å². The van der Waals surface area contributed by atoms with Gasteiger partial charge >= 0.3 is 6.18 Å². The first-order chi connectivity index (χ1) is 5.73. The van der Waals surface area contributed by atoms with E-state index in [1.807, 2.05) is 0 Å². The van der Waals surface area contributed by atoms with Crippen molar-refractivity contribution >= 4 is 0 Å². The van der Waals surface area contributed by atoms with Crippen LogP contribution in [0.2, 0.25) is 0 Å². The lowest BCUT2D eigenvalue weighted by Crippen LogP contribution is -2.25. The lowest BCUT2D eigenvalue weighted by Gasteiger charge is -2.18. The van der Waals surface area contributed by atoms with Crippen molar-refractivity contribution in [2.24, 2.45) is 0 Å². The second-order valence-electron chi connectivity index (χ2n) is 2.29. The highest BCUT2D eigenvalue weighted by Crippen LogP contribution is 2.36. The molecule has 0 amide bonds. The van der Waals surface area contributed by atoms with Crippen LogP contribution in [0.4, 0.5) is 30.7 Å². The van der Waals surface area contributed by atoms with Crippen LogP contribution < -0.4 is 0 Å². The number of hydrogen-bond donors (Lipinski definition) is 0. The third-order valence-electron chi connectivity index (χ3n) is 1.20. The molecule has 0 spiro atoms. The van der Waals surface area contributed by atoms with E-state index in [-0.39, 0.29) is 0 Å². The van der Waals surface area contributed by atoms with Gasteiger partial charge in [0.05, 0.1) is 5.92 Å². The number of alkyl halides is 7. The third kappa shape index (κ3) is 5.70. The second kappa shape index (κ2) is 4.66. The first-order valence-electron chi connectivity index (χ1n) is 3.21. The molecule has 0 aromatic rings. The Kier molecular flexibility index (Phi) is 4.49. The van der Waals surface area contributed by atoms with Crippen LogP contribution in [0.5, 0.6) is 0 Å². The van der Waals surface area contributed by atoms with Crippen LogP contribution in [0.15, 0.2) is 0 Å². The van der Waals surface area contributed by atoms with Gasteiger partial charge in [-0.15, -0.1) is 0 Å². The van der Waals surface area contributed by atoms with Crippen molar-refractivity contribution in [3.8, 4) is 0 Å². The van der Waals surface area contributed by atoms with Gasteiger partial charge < -0.3 is 0 Å². The summed E-state index contributed by atoms with van der Waals surface area (Å²) in [6.07, 6.45) is -14.9. The Bertz CT molecular complexity index is 128. The fourth-order valence-corrected chi connectivity index (χ4v) is 0.687.